The van der Waals surface area contributed by atoms with Gasteiger partial charge >= 0.3 is 0 Å². The first kappa shape index (κ1) is 20.5. The Balaban J connectivity index is 1.74. The van der Waals surface area contributed by atoms with E-state index >= 15 is 0 Å². The van der Waals surface area contributed by atoms with Gasteiger partial charge in [0.15, 0.2) is 21.5 Å². The normalized spacial score (nSPS) is 15.0. The lowest BCUT2D eigenvalue weighted by molar-refractivity contribution is 0.343. The van der Waals surface area contributed by atoms with Gasteiger partial charge < -0.3 is 9.80 Å². The SMILES string of the molecule is CN1CCN(c2ccc(F)c(F)c2)c2ccc(-c3ccc(S(C)(=O)=O)cc3)cc2C1. The fraction of sp³-hybridized carbons (Fsp3) is 0.217. The van der Waals surface area contributed by atoms with Crippen molar-refractivity contribution >= 4 is 21.2 Å². The predicted octanol–water partition coefficient (Wildman–Crippen LogP) is 4.62. The average molecular weight is 429 g/mol. The van der Waals surface area contributed by atoms with Gasteiger partial charge in [0, 0.05) is 43.3 Å². The molecule has 4 nitrogen and oxygen atoms in total. The fourth-order valence-corrected chi connectivity index (χ4v) is 4.36. The van der Waals surface area contributed by atoms with Crippen molar-refractivity contribution in [1.82, 2.24) is 4.90 Å². The summed E-state index contributed by atoms with van der Waals surface area (Å²) in [6, 6.07) is 16.8. The molecule has 3 aromatic rings. The molecule has 0 spiro atoms. The van der Waals surface area contributed by atoms with Gasteiger partial charge in [-0.05, 0) is 60.1 Å². The summed E-state index contributed by atoms with van der Waals surface area (Å²) in [7, 11) is -1.22. The number of anilines is 2. The van der Waals surface area contributed by atoms with Crippen LogP contribution < -0.4 is 4.90 Å². The number of hydrogen-bond acceptors (Lipinski definition) is 4. The highest BCUT2D eigenvalue weighted by Crippen LogP contribution is 2.35. The van der Waals surface area contributed by atoms with Crippen LogP contribution in [0.4, 0.5) is 20.2 Å². The number of rotatable bonds is 3. The monoisotopic (exact) mass is 428 g/mol. The van der Waals surface area contributed by atoms with E-state index in [0.717, 1.165) is 35.0 Å². The zero-order chi connectivity index (χ0) is 21.5. The van der Waals surface area contributed by atoms with Crippen molar-refractivity contribution in [3.63, 3.8) is 0 Å². The molecule has 0 fully saturated rings. The lowest BCUT2D eigenvalue weighted by Crippen LogP contribution is -2.26. The van der Waals surface area contributed by atoms with Gasteiger partial charge in [-0.1, -0.05) is 18.2 Å². The number of nitrogens with zero attached hydrogens (tertiary/aromatic N) is 2. The number of likely N-dealkylation sites (N-methyl/N-ethyl adjacent to an activating group) is 1. The molecule has 4 rings (SSSR count). The lowest BCUT2D eigenvalue weighted by atomic mass is 10.0. The van der Waals surface area contributed by atoms with E-state index in [4.69, 9.17) is 0 Å². The van der Waals surface area contributed by atoms with Crippen LogP contribution in [-0.2, 0) is 16.4 Å². The molecule has 0 amide bonds. The molecule has 1 aliphatic rings. The van der Waals surface area contributed by atoms with Crippen molar-refractivity contribution in [3.05, 3.63) is 77.9 Å². The van der Waals surface area contributed by atoms with Crippen molar-refractivity contribution < 1.29 is 17.2 Å². The highest BCUT2D eigenvalue weighted by molar-refractivity contribution is 7.90. The van der Waals surface area contributed by atoms with E-state index in [2.05, 4.69) is 11.0 Å². The van der Waals surface area contributed by atoms with Crippen LogP contribution in [0.1, 0.15) is 5.56 Å². The largest absolute Gasteiger partial charge is 0.340 e. The molecule has 0 radical (unpaired) electrons. The van der Waals surface area contributed by atoms with E-state index in [-0.39, 0.29) is 4.90 Å². The Morgan fingerprint density at radius 2 is 1.53 bits per heavy atom. The van der Waals surface area contributed by atoms with Crippen molar-refractivity contribution in [3.8, 4) is 11.1 Å². The smallest absolute Gasteiger partial charge is 0.175 e. The van der Waals surface area contributed by atoms with E-state index in [1.54, 1.807) is 30.3 Å². The molecule has 30 heavy (non-hydrogen) atoms. The zero-order valence-corrected chi connectivity index (χ0v) is 17.6. The van der Waals surface area contributed by atoms with Crippen LogP contribution in [0, 0.1) is 11.6 Å². The third-order valence-corrected chi connectivity index (χ3v) is 6.48. The molecular formula is C23H22F2N2O2S. The fourth-order valence-electron chi connectivity index (χ4n) is 3.73. The second kappa shape index (κ2) is 7.81. The standard InChI is InChI=1S/C23H22F2N2O2S/c1-26-11-12-27(19-6-9-21(24)22(25)14-19)23-10-5-17(13-18(23)15-26)16-3-7-20(8-4-16)30(2,28)29/h3-10,13-14H,11-12,15H2,1-2H3. The van der Waals surface area contributed by atoms with Crippen molar-refractivity contribution in [2.75, 3.05) is 31.3 Å². The van der Waals surface area contributed by atoms with Crippen molar-refractivity contribution in [2.45, 2.75) is 11.4 Å². The minimum absolute atomic E-state index is 0.283. The highest BCUT2D eigenvalue weighted by Gasteiger charge is 2.21. The predicted molar refractivity (Wildman–Crippen MR) is 115 cm³/mol. The third kappa shape index (κ3) is 4.08. The second-order valence-corrected chi connectivity index (χ2v) is 9.64. The van der Waals surface area contributed by atoms with E-state index in [1.165, 1.54) is 12.3 Å². The molecule has 0 atom stereocenters. The maximum Gasteiger partial charge on any atom is 0.175 e. The summed E-state index contributed by atoms with van der Waals surface area (Å²) in [5.74, 6) is -1.73. The minimum Gasteiger partial charge on any atom is -0.340 e. The van der Waals surface area contributed by atoms with E-state index in [9.17, 15) is 17.2 Å². The molecule has 0 aliphatic carbocycles. The van der Waals surface area contributed by atoms with E-state index in [1.807, 2.05) is 24.1 Å². The summed E-state index contributed by atoms with van der Waals surface area (Å²) >= 11 is 0. The van der Waals surface area contributed by atoms with Gasteiger partial charge in [-0.25, -0.2) is 17.2 Å². The maximum atomic E-state index is 13.8. The van der Waals surface area contributed by atoms with E-state index < -0.39 is 21.5 Å². The molecule has 0 saturated carbocycles. The van der Waals surface area contributed by atoms with Gasteiger partial charge in [-0.15, -0.1) is 0 Å². The Morgan fingerprint density at radius 3 is 2.20 bits per heavy atom. The van der Waals surface area contributed by atoms with Crippen LogP contribution in [0.3, 0.4) is 0 Å². The number of fused-ring (bicyclic) bond motifs is 1. The summed E-state index contributed by atoms with van der Waals surface area (Å²) in [5.41, 5.74) is 4.49. The number of benzene rings is 3. The Bertz CT molecular complexity index is 1190. The topological polar surface area (TPSA) is 40.6 Å². The van der Waals surface area contributed by atoms with Crippen molar-refractivity contribution in [2.24, 2.45) is 0 Å². The zero-order valence-electron chi connectivity index (χ0n) is 16.8. The molecule has 1 aliphatic heterocycles. The molecule has 156 valence electrons. The third-order valence-electron chi connectivity index (χ3n) is 5.35. The van der Waals surface area contributed by atoms with Gasteiger partial charge in [0.05, 0.1) is 4.90 Å². The molecule has 0 N–H and O–H groups in total. The van der Waals surface area contributed by atoms with Crippen LogP contribution in [0.25, 0.3) is 11.1 Å². The quantitative estimate of drug-likeness (QED) is 0.611. The summed E-state index contributed by atoms with van der Waals surface area (Å²) in [4.78, 5) is 4.46. The Labute approximate surface area is 175 Å². The van der Waals surface area contributed by atoms with Crippen LogP contribution >= 0.6 is 0 Å². The summed E-state index contributed by atoms with van der Waals surface area (Å²) in [6.45, 7) is 2.13. The number of hydrogen-bond donors (Lipinski definition) is 0. The van der Waals surface area contributed by atoms with Gasteiger partial charge in [-0.3, -0.25) is 0 Å². The lowest BCUT2D eigenvalue weighted by Gasteiger charge is -2.25. The molecule has 1 heterocycles. The summed E-state index contributed by atoms with van der Waals surface area (Å²) in [5, 5.41) is 0. The maximum absolute atomic E-state index is 13.8. The molecular weight excluding hydrogens is 406 g/mol. The molecule has 0 aromatic heterocycles. The summed E-state index contributed by atoms with van der Waals surface area (Å²) < 4.78 is 50.6. The first-order valence-corrected chi connectivity index (χ1v) is 11.5. The second-order valence-electron chi connectivity index (χ2n) is 7.63. The van der Waals surface area contributed by atoms with E-state index in [0.29, 0.717) is 18.8 Å². The van der Waals surface area contributed by atoms with Crippen LogP contribution in [0.2, 0.25) is 0 Å². The molecule has 3 aromatic carbocycles. The molecule has 0 saturated heterocycles. The van der Waals surface area contributed by atoms with Crippen LogP contribution in [-0.4, -0.2) is 39.7 Å². The summed E-state index contributed by atoms with van der Waals surface area (Å²) in [6.07, 6.45) is 1.19. The highest BCUT2D eigenvalue weighted by atomic mass is 32.2. The number of halogens is 2. The van der Waals surface area contributed by atoms with Crippen LogP contribution in [0.15, 0.2) is 65.6 Å². The van der Waals surface area contributed by atoms with Gasteiger partial charge in [0.25, 0.3) is 0 Å². The average Bonchev–Trinajstić information content (AvgIpc) is 2.87. The number of sulfone groups is 1. The van der Waals surface area contributed by atoms with Gasteiger partial charge in [0.1, 0.15) is 0 Å². The molecule has 7 heteroatoms. The first-order chi connectivity index (χ1) is 14.2. The Morgan fingerprint density at radius 1 is 0.833 bits per heavy atom. The van der Waals surface area contributed by atoms with Crippen molar-refractivity contribution in [1.29, 1.82) is 0 Å². The van der Waals surface area contributed by atoms with Gasteiger partial charge in [0.2, 0.25) is 0 Å². The molecule has 0 unspecified atom stereocenters. The minimum atomic E-state index is -3.24. The first-order valence-electron chi connectivity index (χ1n) is 9.57. The molecule has 0 bridgehead atoms. The Kier molecular flexibility index (Phi) is 5.34. The van der Waals surface area contributed by atoms with Crippen LogP contribution in [0.5, 0.6) is 0 Å². The Hall–Kier alpha value is -2.77. The van der Waals surface area contributed by atoms with Gasteiger partial charge in [-0.2, -0.15) is 0 Å².